The third-order valence-electron chi connectivity index (χ3n) is 2.51. The zero-order valence-electron chi connectivity index (χ0n) is 9.21. The number of aryl methyl sites for hydroxylation is 1. The van der Waals surface area contributed by atoms with Crippen LogP contribution in [0.1, 0.15) is 18.7 Å². The van der Waals surface area contributed by atoms with E-state index < -0.39 is 0 Å². The van der Waals surface area contributed by atoms with Crippen LogP contribution in [0.4, 0.5) is 0 Å². The van der Waals surface area contributed by atoms with E-state index in [0.717, 1.165) is 37.3 Å². The second-order valence-electron chi connectivity index (χ2n) is 3.70. The quantitative estimate of drug-likeness (QED) is 0.771. The first-order chi connectivity index (χ1) is 7.92. The molecule has 2 N–H and O–H groups in total. The van der Waals surface area contributed by atoms with Crippen LogP contribution in [0.2, 0.25) is 0 Å². The zero-order valence-corrected chi connectivity index (χ0v) is 9.21. The Kier molecular flexibility index (Phi) is 3.66. The van der Waals surface area contributed by atoms with Crippen LogP contribution in [0.25, 0.3) is 5.69 Å². The summed E-state index contributed by atoms with van der Waals surface area (Å²) < 4.78 is 2.02. The number of hydrogen-bond donors (Lipinski definition) is 1. The summed E-state index contributed by atoms with van der Waals surface area (Å²) in [4.78, 5) is 0. The lowest BCUT2D eigenvalue weighted by atomic mass is 10.2. The van der Waals surface area contributed by atoms with Crippen molar-refractivity contribution >= 4 is 0 Å². The monoisotopic (exact) mass is 216 g/mol. The van der Waals surface area contributed by atoms with Crippen molar-refractivity contribution in [3.05, 3.63) is 42.5 Å². The highest BCUT2D eigenvalue weighted by Crippen LogP contribution is 2.10. The topological polar surface area (TPSA) is 56.7 Å². The first-order valence-electron chi connectivity index (χ1n) is 5.56. The molecule has 0 spiro atoms. The van der Waals surface area contributed by atoms with Gasteiger partial charge in [-0.25, -0.2) is 0 Å². The van der Waals surface area contributed by atoms with Crippen molar-refractivity contribution in [3.8, 4) is 5.69 Å². The van der Waals surface area contributed by atoms with E-state index in [1.54, 1.807) is 6.33 Å². The van der Waals surface area contributed by atoms with E-state index in [2.05, 4.69) is 22.3 Å². The summed E-state index contributed by atoms with van der Waals surface area (Å²) in [5, 5.41) is 8.10. The number of nitrogens with two attached hydrogens (primary N) is 1. The van der Waals surface area contributed by atoms with Crippen molar-refractivity contribution in [2.45, 2.75) is 19.3 Å². The molecule has 0 aliphatic rings. The fourth-order valence-corrected chi connectivity index (χ4v) is 1.66. The van der Waals surface area contributed by atoms with E-state index in [9.17, 15) is 0 Å². The molecule has 4 nitrogen and oxygen atoms in total. The minimum absolute atomic E-state index is 0.736. The SMILES string of the molecule is NCCCCc1nncn1-c1ccccc1. The van der Waals surface area contributed by atoms with Crippen LogP contribution in [0.5, 0.6) is 0 Å². The molecule has 0 aliphatic carbocycles. The molecule has 0 unspecified atom stereocenters. The third-order valence-corrected chi connectivity index (χ3v) is 2.51. The molecule has 16 heavy (non-hydrogen) atoms. The maximum absolute atomic E-state index is 5.47. The van der Waals surface area contributed by atoms with Gasteiger partial charge in [0, 0.05) is 12.1 Å². The van der Waals surface area contributed by atoms with E-state index in [0.29, 0.717) is 0 Å². The average molecular weight is 216 g/mol. The number of hydrogen-bond acceptors (Lipinski definition) is 3. The van der Waals surface area contributed by atoms with Gasteiger partial charge in [0.2, 0.25) is 0 Å². The summed E-state index contributed by atoms with van der Waals surface area (Å²) in [7, 11) is 0. The molecule has 1 heterocycles. The minimum Gasteiger partial charge on any atom is -0.330 e. The normalized spacial score (nSPS) is 10.6. The summed E-state index contributed by atoms with van der Waals surface area (Å²) in [6.07, 6.45) is 4.77. The Bertz CT molecular complexity index is 422. The summed E-state index contributed by atoms with van der Waals surface area (Å²) >= 11 is 0. The van der Waals surface area contributed by atoms with Gasteiger partial charge in [-0.1, -0.05) is 18.2 Å². The van der Waals surface area contributed by atoms with E-state index in [4.69, 9.17) is 5.73 Å². The molecule has 0 amide bonds. The molecule has 2 rings (SSSR count). The molecule has 0 aliphatic heterocycles. The maximum Gasteiger partial charge on any atom is 0.137 e. The number of nitrogens with zero attached hydrogens (tertiary/aromatic N) is 3. The molecule has 84 valence electrons. The molecule has 0 fully saturated rings. The highest BCUT2D eigenvalue weighted by Gasteiger charge is 2.04. The van der Waals surface area contributed by atoms with Gasteiger partial charge in [-0.05, 0) is 31.5 Å². The molecule has 0 atom stereocenters. The lowest BCUT2D eigenvalue weighted by Gasteiger charge is -2.05. The summed E-state index contributed by atoms with van der Waals surface area (Å²) in [6, 6.07) is 10.1. The Hall–Kier alpha value is -1.68. The average Bonchev–Trinajstić information content (AvgIpc) is 2.79. The molecule has 1 aromatic carbocycles. The second-order valence-corrected chi connectivity index (χ2v) is 3.70. The van der Waals surface area contributed by atoms with Gasteiger partial charge in [-0.3, -0.25) is 4.57 Å². The maximum atomic E-state index is 5.47. The molecular formula is C12H16N4. The fourth-order valence-electron chi connectivity index (χ4n) is 1.66. The van der Waals surface area contributed by atoms with Gasteiger partial charge in [0.25, 0.3) is 0 Å². The molecule has 4 heteroatoms. The predicted octanol–water partition coefficient (Wildman–Crippen LogP) is 1.55. The largest absolute Gasteiger partial charge is 0.330 e. The van der Waals surface area contributed by atoms with Crippen molar-refractivity contribution in [2.75, 3.05) is 6.54 Å². The Morgan fingerprint density at radius 1 is 1.12 bits per heavy atom. The van der Waals surface area contributed by atoms with Crippen LogP contribution in [-0.2, 0) is 6.42 Å². The third kappa shape index (κ3) is 2.46. The number of para-hydroxylation sites is 1. The number of aromatic nitrogens is 3. The molecule has 0 saturated carbocycles. The summed E-state index contributed by atoms with van der Waals surface area (Å²) in [6.45, 7) is 0.736. The fraction of sp³-hybridized carbons (Fsp3) is 0.333. The number of rotatable bonds is 5. The zero-order chi connectivity index (χ0) is 11.2. The summed E-state index contributed by atoms with van der Waals surface area (Å²) in [5.74, 6) is 1.000. The van der Waals surface area contributed by atoms with Crippen LogP contribution in [0.3, 0.4) is 0 Å². The van der Waals surface area contributed by atoms with Crippen LogP contribution in [0, 0.1) is 0 Å². The first-order valence-corrected chi connectivity index (χ1v) is 5.56. The Morgan fingerprint density at radius 2 is 1.94 bits per heavy atom. The molecule has 0 radical (unpaired) electrons. The molecule has 0 bridgehead atoms. The van der Waals surface area contributed by atoms with Crippen LogP contribution >= 0.6 is 0 Å². The molecule has 1 aromatic heterocycles. The predicted molar refractivity (Wildman–Crippen MR) is 63.4 cm³/mol. The minimum atomic E-state index is 0.736. The van der Waals surface area contributed by atoms with Gasteiger partial charge in [0.1, 0.15) is 12.2 Å². The van der Waals surface area contributed by atoms with Crippen LogP contribution in [0.15, 0.2) is 36.7 Å². The van der Waals surface area contributed by atoms with Crippen molar-refractivity contribution in [2.24, 2.45) is 5.73 Å². The lowest BCUT2D eigenvalue weighted by molar-refractivity contribution is 0.704. The van der Waals surface area contributed by atoms with E-state index >= 15 is 0 Å². The second kappa shape index (κ2) is 5.42. The van der Waals surface area contributed by atoms with Crippen LogP contribution < -0.4 is 5.73 Å². The standard InChI is InChI=1S/C12H16N4/c13-9-5-4-8-12-15-14-10-16(12)11-6-2-1-3-7-11/h1-3,6-7,10H,4-5,8-9,13H2. The van der Waals surface area contributed by atoms with Gasteiger partial charge in [-0.2, -0.15) is 0 Å². The highest BCUT2D eigenvalue weighted by atomic mass is 15.3. The van der Waals surface area contributed by atoms with E-state index in [1.165, 1.54) is 0 Å². The Balaban J connectivity index is 2.13. The lowest BCUT2D eigenvalue weighted by Crippen LogP contribution is -2.03. The van der Waals surface area contributed by atoms with Gasteiger partial charge in [0.15, 0.2) is 0 Å². The van der Waals surface area contributed by atoms with Gasteiger partial charge < -0.3 is 5.73 Å². The number of unbranched alkanes of at least 4 members (excludes halogenated alkanes) is 1. The summed E-state index contributed by atoms with van der Waals surface area (Å²) in [5.41, 5.74) is 6.58. The van der Waals surface area contributed by atoms with Gasteiger partial charge >= 0.3 is 0 Å². The molecule has 0 saturated heterocycles. The van der Waals surface area contributed by atoms with Crippen molar-refractivity contribution in [1.29, 1.82) is 0 Å². The van der Waals surface area contributed by atoms with Crippen molar-refractivity contribution < 1.29 is 0 Å². The molecular weight excluding hydrogens is 200 g/mol. The molecule has 2 aromatic rings. The van der Waals surface area contributed by atoms with Crippen molar-refractivity contribution in [3.63, 3.8) is 0 Å². The Morgan fingerprint density at radius 3 is 2.69 bits per heavy atom. The highest BCUT2D eigenvalue weighted by molar-refractivity contribution is 5.31. The van der Waals surface area contributed by atoms with E-state index in [1.807, 2.05) is 22.8 Å². The Labute approximate surface area is 95.1 Å². The number of benzene rings is 1. The van der Waals surface area contributed by atoms with E-state index in [-0.39, 0.29) is 0 Å². The van der Waals surface area contributed by atoms with Gasteiger partial charge in [-0.15, -0.1) is 10.2 Å². The van der Waals surface area contributed by atoms with Gasteiger partial charge in [0.05, 0.1) is 0 Å². The first kappa shape index (κ1) is 10.8. The smallest absolute Gasteiger partial charge is 0.137 e. The van der Waals surface area contributed by atoms with Crippen LogP contribution in [-0.4, -0.2) is 21.3 Å². The van der Waals surface area contributed by atoms with Crippen molar-refractivity contribution in [1.82, 2.24) is 14.8 Å².